The highest BCUT2D eigenvalue weighted by Crippen LogP contribution is 2.23. The van der Waals surface area contributed by atoms with Gasteiger partial charge in [-0.2, -0.15) is 4.52 Å². The fourth-order valence-electron chi connectivity index (χ4n) is 4.00. The number of aromatic nitrogens is 5. The molecule has 29 heavy (non-hydrogen) atoms. The molecule has 1 saturated heterocycles. The van der Waals surface area contributed by atoms with Crippen molar-refractivity contribution in [3.63, 3.8) is 0 Å². The number of amides is 1. The van der Waals surface area contributed by atoms with Crippen molar-refractivity contribution < 1.29 is 9.53 Å². The van der Waals surface area contributed by atoms with Gasteiger partial charge in [0.05, 0.1) is 5.56 Å². The second-order valence-corrected chi connectivity index (χ2v) is 7.64. The monoisotopic (exact) mass is 393 g/mol. The molecule has 0 spiro atoms. The Morgan fingerprint density at radius 2 is 2.03 bits per heavy atom. The number of hydrogen-bond donors (Lipinski definition) is 1. The summed E-state index contributed by atoms with van der Waals surface area (Å²) in [6.45, 7) is 1.54. The van der Waals surface area contributed by atoms with Gasteiger partial charge in [0.2, 0.25) is 5.88 Å². The summed E-state index contributed by atoms with van der Waals surface area (Å²) in [7, 11) is 0. The summed E-state index contributed by atoms with van der Waals surface area (Å²) in [5.41, 5.74) is 1.26. The van der Waals surface area contributed by atoms with Crippen molar-refractivity contribution in [2.45, 2.75) is 44.2 Å². The molecule has 3 aromatic rings. The first-order valence-electron chi connectivity index (χ1n) is 10.1. The minimum Gasteiger partial charge on any atom is -0.474 e. The molecule has 1 aliphatic heterocycles. The second kappa shape index (κ2) is 7.65. The van der Waals surface area contributed by atoms with E-state index >= 15 is 0 Å². The molecule has 3 aromatic heterocycles. The van der Waals surface area contributed by atoms with Gasteiger partial charge < -0.3 is 15.0 Å². The van der Waals surface area contributed by atoms with Crippen LogP contribution in [0.4, 0.5) is 5.82 Å². The van der Waals surface area contributed by atoms with E-state index in [0.717, 1.165) is 31.6 Å². The van der Waals surface area contributed by atoms with Gasteiger partial charge >= 0.3 is 0 Å². The Kier molecular flexibility index (Phi) is 4.71. The number of hydrogen-bond acceptors (Lipinski definition) is 7. The van der Waals surface area contributed by atoms with Crippen LogP contribution in [-0.4, -0.2) is 55.9 Å². The highest BCUT2D eigenvalue weighted by Gasteiger charge is 2.26. The van der Waals surface area contributed by atoms with Gasteiger partial charge in [0.1, 0.15) is 18.2 Å². The predicted octanol–water partition coefficient (Wildman–Crippen LogP) is 1.85. The molecule has 0 radical (unpaired) electrons. The highest BCUT2D eigenvalue weighted by atomic mass is 16.5. The lowest BCUT2D eigenvalue weighted by molar-refractivity contribution is 0.0940. The number of fused-ring (bicyclic) bond motifs is 1. The van der Waals surface area contributed by atoms with E-state index in [1.807, 2.05) is 12.1 Å². The van der Waals surface area contributed by atoms with E-state index in [0.29, 0.717) is 23.6 Å². The van der Waals surface area contributed by atoms with Crippen LogP contribution in [0.25, 0.3) is 5.65 Å². The van der Waals surface area contributed by atoms with E-state index < -0.39 is 0 Å². The molecule has 1 unspecified atom stereocenters. The average molecular weight is 393 g/mol. The van der Waals surface area contributed by atoms with E-state index in [2.05, 4.69) is 30.5 Å². The maximum atomic E-state index is 12.6. The summed E-state index contributed by atoms with van der Waals surface area (Å²) >= 11 is 0. The van der Waals surface area contributed by atoms with Crippen LogP contribution in [0, 0.1) is 0 Å². The Hall–Kier alpha value is -3.23. The maximum absolute atomic E-state index is 12.6. The Morgan fingerprint density at radius 3 is 2.86 bits per heavy atom. The van der Waals surface area contributed by atoms with Gasteiger partial charge in [-0.05, 0) is 50.3 Å². The standard InChI is InChI=1S/C20H23N7O2/c28-20(14-5-8-19(21-11-14)29-16-3-1-2-4-16)23-15-9-10-26(12-15)18-7-6-17-24-22-13-27(17)25-18/h5-8,11,13,15-16H,1-4,9-10,12H2,(H,23,28). The molecule has 1 amide bonds. The normalized spacial score (nSPS) is 19.7. The molecule has 4 heterocycles. The van der Waals surface area contributed by atoms with Crippen LogP contribution in [0.15, 0.2) is 36.8 Å². The quantitative estimate of drug-likeness (QED) is 0.706. The van der Waals surface area contributed by atoms with Crippen molar-refractivity contribution in [2.75, 3.05) is 18.0 Å². The molecule has 1 atom stereocenters. The van der Waals surface area contributed by atoms with Gasteiger partial charge in [-0.25, -0.2) is 4.98 Å². The molecule has 9 nitrogen and oxygen atoms in total. The minimum atomic E-state index is -0.112. The van der Waals surface area contributed by atoms with Crippen LogP contribution in [0.5, 0.6) is 5.88 Å². The molecule has 2 fully saturated rings. The number of ether oxygens (including phenoxy) is 1. The Labute approximate surface area is 168 Å². The zero-order valence-corrected chi connectivity index (χ0v) is 16.1. The molecule has 0 aromatic carbocycles. The molecule has 2 aliphatic rings. The fraction of sp³-hybridized carbons (Fsp3) is 0.450. The summed E-state index contributed by atoms with van der Waals surface area (Å²) in [4.78, 5) is 19.1. The van der Waals surface area contributed by atoms with Crippen LogP contribution in [0.1, 0.15) is 42.5 Å². The topological polar surface area (TPSA) is 97.5 Å². The number of carbonyl (C=O) groups is 1. The maximum Gasteiger partial charge on any atom is 0.253 e. The van der Waals surface area contributed by atoms with Crippen molar-refractivity contribution in [1.29, 1.82) is 0 Å². The third kappa shape index (κ3) is 3.85. The lowest BCUT2D eigenvalue weighted by Gasteiger charge is -2.18. The summed E-state index contributed by atoms with van der Waals surface area (Å²) in [5.74, 6) is 1.33. The number of nitrogens with one attached hydrogen (secondary N) is 1. The van der Waals surface area contributed by atoms with Crippen molar-refractivity contribution >= 4 is 17.4 Å². The predicted molar refractivity (Wildman–Crippen MR) is 106 cm³/mol. The molecule has 5 rings (SSSR count). The van der Waals surface area contributed by atoms with Crippen LogP contribution >= 0.6 is 0 Å². The molecule has 1 N–H and O–H groups in total. The summed E-state index contributed by atoms with van der Waals surface area (Å²) < 4.78 is 7.52. The summed E-state index contributed by atoms with van der Waals surface area (Å²) in [6, 6.07) is 7.45. The molecule has 1 aliphatic carbocycles. The van der Waals surface area contributed by atoms with Crippen molar-refractivity contribution in [3.8, 4) is 5.88 Å². The second-order valence-electron chi connectivity index (χ2n) is 7.64. The van der Waals surface area contributed by atoms with Gasteiger partial charge in [0.15, 0.2) is 5.65 Å². The molecular weight excluding hydrogens is 370 g/mol. The largest absolute Gasteiger partial charge is 0.474 e. The number of pyridine rings is 1. The minimum absolute atomic E-state index is 0.0651. The highest BCUT2D eigenvalue weighted by molar-refractivity contribution is 5.94. The first kappa shape index (κ1) is 17.8. The number of anilines is 1. The van der Waals surface area contributed by atoms with Gasteiger partial charge in [-0.1, -0.05) is 0 Å². The van der Waals surface area contributed by atoms with Gasteiger partial charge in [-0.15, -0.1) is 15.3 Å². The lowest BCUT2D eigenvalue weighted by Crippen LogP contribution is -2.37. The summed E-state index contributed by atoms with van der Waals surface area (Å²) in [6.07, 6.45) is 8.90. The average Bonchev–Trinajstić information content (AvgIpc) is 3.50. The lowest BCUT2D eigenvalue weighted by atomic mass is 10.2. The smallest absolute Gasteiger partial charge is 0.253 e. The van der Waals surface area contributed by atoms with E-state index in [-0.39, 0.29) is 18.1 Å². The number of rotatable bonds is 5. The van der Waals surface area contributed by atoms with Gasteiger partial charge in [0.25, 0.3) is 5.91 Å². The molecule has 9 heteroatoms. The van der Waals surface area contributed by atoms with Gasteiger partial charge in [-0.3, -0.25) is 4.79 Å². The zero-order valence-electron chi connectivity index (χ0n) is 16.1. The van der Waals surface area contributed by atoms with Crippen molar-refractivity contribution in [3.05, 3.63) is 42.4 Å². The first-order chi connectivity index (χ1) is 14.2. The molecule has 0 bridgehead atoms. The molecule has 1 saturated carbocycles. The molecule has 150 valence electrons. The SMILES string of the molecule is O=C(NC1CCN(c2ccc3nncn3n2)C1)c1ccc(OC2CCCC2)nc1. The van der Waals surface area contributed by atoms with E-state index in [1.165, 1.54) is 12.8 Å². The van der Waals surface area contributed by atoms with Gasteiger partial charge in [0, 0.05) is 31.4 Å². The summed E-state index contributed by atoms with van der Waals surface area (Å²) in [5, 5.41) is 15.4. The van der Waals surface area contributed by atoms with Crippen LogP contribution in [-0.2, 0) is 0 Å². The fourth-order valence-corrected chi connectivity index (χ4v) is 4.00. The van der Waals surface area contributed by atoms with E-state index in [9.17, 15) is 4.79 Å². The molecular formula is C20H23N7O2. The Bertz CT molecular complexity index is 997. The Morgan fingerprint density at radius 1 is 1.14 bits per heavy atom. The third-order valence-corrected chi connectivity index (χ3v) is 5.58. The zero-order chi connectivity index (χ0) is 19.6. The van der Waals surface area contributed by atoms with Crippen LogP contribution in [0.2, 0.25) is 0 Å². The number of nitrogens with zero attached hydrogens (tertiary/aromatic N) is 6. The third-order valence-electron chi connectivity index (χ3n) is 5.58. The van der Waals surface area contributed by atoms with Crippen molar-refractivity contribution in [1.82, 2.24) is 30.1 Å². The van der Waals surface area contributed by atoms with E-state index in [4.69, 9.17) is 4.74 Å². The van der Waals surface area contributed by atoms with Crippen LogP contribution < -0.4 is 15.0 Å². The van der Waals surface area contributed by atoms with E-state index in [1.54, 1.807) is 29.2 Å². The van der Waals surface area contributed by atoms with Crippen molar-refractivity contribution in [2.24, 2.45) is 0 Å². The Balaban J connectivity index is 1.17. The number of carbonyl (C=O) groups excluding carboxylic acids is 1. The van der Waals surface area contributed by atoms with Crippen LogP contribution in [0.3, 0.4) is 0 Å². The first-order valence-corrected chi connectivity index (χ1v) is 10.1.